The van der Waals surface area contributed by atoms with E-state index in [0.29, 0.717) is 0 Å². The van der Waals surface area contributed by atoms with Crippen LogP contribution in [0, 0.1) is 5.92 Å². The molecule has 0 saturated heterocycles. The Bertz CT molecular complexity index is 397. The molecule has 1 aromatic carbocycles. The monoisotopic (exact) mass is 258 g/mol. The van der Waals surface area contributed by atoms with Crippen molar-refractivity contribution in [1.29, 1.82) is 0 Å². The summed E-state index contributed by atoms with van der Waals surface area (Å²) in [6.45, 7) is 7.34. The number of hydrogen-bond donors (Lipinski definition) is 0. The van der Waals surface area contributed by atoms with Crippen LogP contribution in [0.25, 0.3) is 0 Å². The Hall–Kier alpha value is -0.823. The molecule has 1 aliphatic rings. The lowest BCUT2D eigenvalue weighted by Gasteiger charge is -2.27. The summed E-state index contributed by atoms with van der Waals surface area (Å²) in [5.41, 5.74) is 0. The zero-order valence-corrected chi connectivity index (χ0v) is 13.1. The van der Waals surface area contributed by atoms with Crippen LogP contribution < -0.4 is 5.19 Å². The summed E-state index contributed by atoms with van der Waals surface area (Å²) < 4.78 is 0. The maximum absolute atomic E-state index is 2.61. The van der Waals surface area contributed by atoms with Crippen LogP contribution in [0.1, 0.15) is 39.0 Å². The standard InChI is InChI=1S/C17H26Si/c1-15(14-16-10-6-4-7-11-16)18(2,3)17-12-8-5-9-13-17/h5,8-9,12-14,16H,4,6-7,10-11H2,1-3H3/b15-14+. The molecule has 0 radical (unpaired) electrons. The SMILES string of the molecule is C/C(=C\C1CCCCC1)[Si](C)(C)c1ccccc1. The number of hydrogen-bond acceptors (Lipinski definition) is 0. The second kappa shape index (κ2) is 5.88. The fourth-order valence-corrected chi connectivity index (χ4v) is 5.08. The molecule has 0 heterocycles. The molecular formula is C17H26Si. The highest BCUT2D eigenvalue weighted by Crippen LogP contribution is 2.27. The van der Waals surface area contributed by atoms with Crippen molar-refractivity contribution in [1.82, 2.24) is 0 Å². The smallest absolute Gasteiger partial charge is 0.0860 e. The predicted octanol–water partition coefficient (Wildman–Crippen LogP) is 4.67. The minimum atomic E-state index is -1.41. The van der Waals surface area contributed by atoms with Crippen LogP contribution in [-0.4, -0.2) is 8.07 Å². The van der Waals surface area contributed by atoms with E-state index < -0.39 is 8.07 Å². The highest BCUT2D eigenvalue weighted by atomic mass is 28.3. The molecule has 1 heteroatoms. The molecule has 1 fully saturated rings. The van der Waals surface area contributed by atoms with E-state index in [1.807, 2.05) is 0 Å². The van der Waals surface area contributed by atoms with E-state index in [1.54, 1.807) is 10.4 Å². The molecule has 0 atom stereocenters. The molecule has 0 bridgehead atoms. The summed E-state index contributed by atoms with van der Waals surface area (Å²) in [5, 5.41) is 3.23. The van der Waals surface area contributed by atoms with E-state index in [4.69, 9.17) is 0 Å². The van der Waals surface area contributed by atoms with Crippen LogP contribution in [0.3, 0.4) is 0 Å². The molecule has 18 heavy (non-hydrogen) atoms. The molecule has 98 valence electrons. The van der Waals surface area contributed by atoms with Gasteiger partial charge in [-0.2, -0.15) is 0 Å². The van der Waals surface area contributed by atoms with Gasteiger partial charge in [-0.3, -0.25) is 0 Å². The Morgan fingerprint density at radius 1 is 1.06 bits per heavy atom. The summed E-state index contributed by atoms with van der Waals surface area (Å²) in [6.07, 6.45) is 9.75. The lowest BCUT2D eigenvalue weighted by atomic mass is 9.89. The topological polar surface area (TPSA) is 0 Å². The minimum Gasteiger partial charge on any atom is -0.0860 e. The first-order valence-electron chi connectivity index (χ1n) is 7.35. The molecule has 0 spiro atoms. The van der Waals surface area contributed by atoms with Crippen molar-refractivity contribution in [3.05, 3.63) is 41.6 Å². The second-order valence-electron chi connectivity index (χ2n) is 6.24. The number of rotatable bonds is 3. The molecule has 2 rings (SSSR count). The van der Waals surface area contributed by atoms with Gasteiger partial charge in [0, 0.05) is 0 Å². The van der Waals surface area contributed by atoms with Gasteiger partial charge in [-0.15, -0.1) is 0 Å². The van der Waals surface area contributed by atoms with Crippen molar-refractivity contribution in [2.24, 2.45) is 5.92 Å². The fraction of sp³-hybridized carbons (Fsp3) is 0.529. The lowest BCUT2D eigenvalue weighted by molar-refractivity contribution is 0.418. The molecule has 0 aliphatic heterocycles. The maximum Gasteiger partial charge on any atom is 0.106 e. The summed E-state index contributed by atoms with van der Waals surface area (Å²) in [5.74, 6) is 0.856. The van der Waals surface area contributed by atoms with E-state index in [1.165, 1.54) is 32.1 Å². The Labute approximate surface area is 113 Å². The third-order valence-electron chi connectivity index (χ3n) is 4.62. The first kappa shape index (κ1) is 13.6. The Balaban J connectivity index is 2.15. The Morgan fingerprint density at radius 2 is 1.67 bits per heavy atom. The zero-order valence-electron chi connectivity index (χ0n) is 12.1. The average Bonchev–Trinajstić information content (AvgIpc) is 2.41. The normalized spacial score (nSPS) is 18.9. The van der Waals surface area contributed by atoms with Gasteiger partial charge in [-0.05, 0) is 25.7 Å². The lowest BCUT2D eigenvalue weighted by Crippen LogP contribution is -2.43. The molecule has 0 unspecified atom stereocenters. The summed E-state index contributed by atoms with van der Waals surface area (Å²) in [6, 6.07) is 11.1. The molecule has 1 saturated carbocycles. The van der Waals surface area contributed by atoms with E-state index in [-0.39, 0.29) is 0 Å². The van der Waals surface area contributed by atoms with Gasteiger partial charge < -0.3 is 0 Å². The highest BCUT2D eigenvalue weighted by Gasteiger charge is 2.26. The molecule has 0 nitrogen and oxygen atoms in total. The van der Waals surface area contributed by atoms with Crippen LogP contribution in [0.4, 0.5) is 0 Å². The van der Waals surface area contributed by atoms with Crippen molar-refractivity contribution in [3.63, 3.8) is 0 Å². The Kier molecular flexibility index (Phi) is 4.44. The molecule has 0 amide bonds. The van der Waals surface area contributed by atoms with Gasteiger partial charge in [-0.25, -0.2) is 0 Å². The summed E-state index contributed by atoms with van der Waals surface area (Å²) in [4.78, 5) is 0. The van der Waals surface area contributed by atoms with E-state index >= 15 is 0 Å². The molecule has 1 aliphatic carbocycles. The first-order chi connectivity index (χ1) is 8.60. The predicted molar refractivity (Wildman–Crippen MR) is 83.9 cm³/mol. The van der Waals surface area contributed by atoms with Crippen LogP contribution in [0.15, 0.2) is 41.6 Å². The zero-order chi connectivity index (χ0) is 13.0. The Morgan fingerprint density at radius 3 is 2.28 bits per heavy atom. The highest BCUT2D eigenvalue weighted by molar-refractivity contribution is 6.95. The van der Waals surface area contributed by atoms with Crippen molar-refractivity contribution < 1.29 is 0 Å². The van der Waals surface area contributed by atoms with Gasteiger partial charge >= 0.3 is 0 Å². The largest absolute Gasteiger partial charge is 0.106 e. The van der Waals surface area contributed by atoms with Crippen molar-refractivity contribution in [2.45, 2.75) is 52.1 Å². The molecule has 1 aromatic rings. The summed E-state index contributed by atoms with van der Waals surface area (Å²) in [7, 11) is -1.41. The second-order valence-corrected chi connectivity index (χ2v) is 10.9. The van der Waals surface area contributed by atoms with Crippen LogP contribution in [0.5, 0.6) is 0 Å². The number of benzene rings is 1. The van der Waals surface area contributed by atoms with Gasteiger partial charge in [0.2, 0.25) is 0 Å². The van der Waals surface area contributed by atoms with E-state index in [2.05, 4.69) is 56.4 Å². The summed E-state index contributed by atoms with van der Waals surface area (Å²) >= 11 is 0. The van der Waals surface area contributed by atoms with Gasteiger partial charge in [0.1, 0.15) is 8.07 Å². The minimum absolute atomic E-state index is 0.856. The van der Waals surface area contributed by atoms with Crippen molar-refractivity contribution in [2.75, 3.05) is 0 Å². The third-order valence-corrected chi connectivity index (χ3v) is 8.53. The van der Waals surface area contributed by atoms with Gasteiger partial charge in [0.15, 0.2) is 0 Å². The van der Waals surface area contributed by atoms with Crippen molar-refractivity contribution >= 4 is 13.3 Å². The fourth-order valence-electron chi connectivity index (χ4n) is 2.95. The molecule has 0 N–H and O–H groups in total. The van der Waals surface area contributed by atoms with Gasteiger partial charge in [0.25, 0.3) is 0 Å². The van der Waals surface area contributed by atoms with Crippen LogP contribution >= 0.6 is 0 Å². The number of allylic oxidation sites excluding steroid dienone is 2. The van der Waals surface area contributed by atoms with Crippen LogP contribution in [0.2, 0.25) is 13.1 Å². The van der Waals surface area contributed by atoms with Crippen molar-refractivity contribution in [3.8, 4) is 0 Å². The van der Waals surface area contributed by atoms with E-state index in [9.17, 15) is 0 Å². The molecule has 0 aromatic heterocycles. The maximum atomic E-state index is 2.61. The quantitative estimate of drug-likeness (QED) is 0.691. The molecular weight excluding hydrogens is 232 g/mol. The van der Waals surface area contributed by atoms with Gasteiger partial charge in [-0.1, -0.05) is 79.1 Å². The van der Waals surface area contributed by atoms with Crippen LogP contribution in [-0.2, 0) is 0 Å². The first-order valence-corrected chi connectivity index (χ1v) is 10.3. The van der Waals surface area contributed by atoms with Gasteiger partial charge in [0.05, 0.1) is 0 Å². The third kappa shape index (κ3) is 3.14. The average molecular weight is 258 g/mol. The van der Waals surface area contributed by atoms with E-state index in [0.717, 1.165) is 5.92 Å².